The molecule has 0 bridgehead atoms. The Bertz CT molecular complexity index is 854. The Balaban J connectivity index is 1.58. The molecule has 0 unspecified atom stereocenters. The van der Waals surface area contributed by atoms with Crippen LogP contribution in [0.1, 0.15) is 120 Å². The van der Waals surface area contributed by atoms with Crippen molar-refractivity contribution in [3.63, 3.8) is 0 Å². The molecule has 37 heavy (non-hydrogen) atoms. The van der Waals surface area contributed by atoms with E-state index in [4.69, 9.17) is 9.47 Å². The minimum atomic E-state index is -1.16. The van der Waals surface area contributed by atoms with Gasteiger partial charge in [-0.1, -0.05) is 54.4 Å². The lowest BCUT2D eigenvalue weighted by molar-refractivity contribution is -0.271. The van der Waals surface area contributed by atoms with Crippen molar-refractivity contribution in [2.45, 2.75) is 137 Å². The molecule has 4 aliphatic rings. The molecule has 4 rings (SSSR count). The molecular formula is C32H54O5. The molecule has 0 aromatic heterocycles. The fourth-order valence-electron chi connectivity index (χ4n) is 9.93. The molecule has 0 spiro atoms. The maximum Gasteiger partial charge on any atom is 0.303 e. The zero-order valence-electron chi connectivity index (χ0n) is 24.8. The van der Waals surface area contributed by atoms with Crippen molar-refractivity contribution in [1.29, 1.82) is 0 Å². The highest BCUT2D eigenvalue weighted by Gasteiger charge is 2.68. The summed E-state index contributed by atoms with van der Waals surface area (Å²) in [6.45, 7) is 17.3. The molecule has 0 amide bonds. The summed E-state index contributed by atoms with van der Waals surface area (Å²) in [5, 5.41) is 12.3. The highest BCUT2D eigenvalue weighted by Crippen LogP contribution is 2.69. The van der Waals surface area contributed by atoms with Gasteiger partial charge >= 0.3 is 11.9 Å². The summed E-state index contributed by atoms with van der Waals surface area (Å²) in [6.07, 6.45) is 9.34. The average molecular weight is 519 g/mol. The lowest BCUT2D eigenvalue weighted by atomic mass is 9.42. The van der Waals surface area contributed by atoms with Crippen LogP contribution in [-0.2, 0) is 19.1 Å². The molecule has 4 fully saturated rings. The minimum Gasteiger partial charge on any atom is -0.462 e. The van der Waals surface area contributed by atoms with Gasteiger partial charge < -0.3 is 14.6 Å². The first-order valence-electron chi connectivity index (χ1n) is 15.3. The van der Waals surface area contributed by atoms with Crippen LogP contribution in [0.4, 0.5) is 0 Å². The predicted octanol–water partition coefficient (Wildman–Crippen LogP) is 6.94. The van der Waals surface area contributed by atoms with Crippen LogP contribution in [0.15, 0.2) is 0 Å². The van der Waals surface area contributed by atoms with Crippen LogP contribution in [0.2, 0.25) is 0 Å². The SMILES string of the molecule is CC(=O)O[C@H]1CC[C@]2(C)[C@H]3CC[C@]4(C)[C@@H]([C@H](C)CC[C@H](C)C(C)C)CC[C@H]4[C@@H]3C[C@@H](OC(C)=O)[C@@]2(O)C1. The van der Waals surface area contributed by atoms with Crippen molar-refractivity contribution in [3.8, 4) is 0 Å². The van der Waals surface area contributed by atoms with E-state index in [1.807, 2.05) is 0 Å². The maximum absolute atomic E-state index is 12.3. The number of hydrogen-bond donors (Lipinski definition) is 1. The summed E-state index contributed by atoms with van der Waals surface area (Å²) in [5.74, 6) is 3.84. The van der Waals surface area contributed by atoms with E-state index in [1.165, 1.54) is 46.0 Å². The zero-order valence-corrected chi connectivity index (χ0v) is 24.8. The van der Waals surface area contributed by atoms with Crippen molar-refractivity contribution in [3.05, 3.63) is 0 Å². The molecular weight excluding hydrogens is 464 g/mol. The molecule has 0 aliphatic heterocycles. The second-order valence-electron chi connectivity index (χ2n) is 14.5. The molecule has 4 aliphatic carbocycles. The van der Waals surface area contributed by atoms with Crippen molar-refractivity contribution in [1.82, 2.24) is 0 Å². The van der Waals surface area contributed by atoms with Crippen LogP contribution < -0.4 is 0 Å². The molecule has 0 saturated heterocycles. The summed E-state index contributed by atoms with van der Waals surface area (Å²) < 4.78 is 11.5. The van der Waals surface area contributed by atoms with Crippen molar-refractivity contribution < 1.29 is 24.2 Å². The van der Waals surface area contributed by atoms with E-state index >= 15 is 0 Å². The number of carbonyl (C=O) groups is 2. The number of fused-ring (bicyclic) bond motifs is 5. The molecule has 0 radical (unpaired) electrons. The van der Waals surface area contributed by atoms with E-state index in [1.54, 1.807) is 0 Å². The van der Waals surface area contributed by atoms with Crippen molar-refractivity contribution in [2.75, 3.05) is 0 Å². The second-order valence-corrected chi connectivity index (χ2v) is 14.5. The monoisotopic (exact) mass is 518 g/mol. The van der Waals surface area contributed by atoms with E-state index in [0.717, 1.165) is 49.4 Å². The Morgan fingerprint density at radius 1 is 0.892 bits per heavy atom. The standard InChI is InChI=1S/C32H54O5/c1-19(2)20(3)9-10-21(4)26-11-12-27-25-17-29(37-23(6)34)32(35)18-24(36-22(5)33)13-16-31(32,8)28(25)14-15-30(26,27)7/h19-21,24-29,35H,9-18H2,1-8H3/t20-,21+,24-,25-,26+,27-,28-,29+,30+,31+,32-/m0/s1. The third-order valence-corrected chi connectivity index (χ3v) is 12.4. The van der Waals surface area contributed by atoms with Crippen LogP contribution >= 0.6 is 0 Å². The largest absolute Gasteiger partial charge is 0.462 e. The molecule has 1 N–H and O–H groups in total. The van der Waals surface area contributed by atoms with E-state index in [-0.39, 0.29) is 23.5 Å². The van der Waals surface area contributed by atoms with Gasteiger partial charge in [0.25, 0.3) is 0 Å². The van der Waals surface area contributed by atoms with E-state index in [0.29, 0.717) is 29.6 Å². The smallest absolute Gasteiger partial charge is 0.303 e. The quantitative estimate of drug-likeness (QED) is 0.370. The number of ether oxygens (including phenoxy) is 2. The van der Waals surface area contributed by atoms with Crippen molar-refractivity contribution >= 4 is 11.9 Å². The first kappa shape index (κ1) is 28.9. The zero-order chi connectivity index (χ0) is 27.3. The van der Waals surface area contributed by atoms with E-state index in [9.17, 15) is 14.7 Å². The van der Waals surface area contributed by atoms with Gasteiger partial charge in [-0.15, -0.1) is 0 Å². The Hall–Kier alpha value is -1.10. The third-order valence-electron chi connectivity index (χ3n) is 12.4. The van der Waals surface area contributed by atoms with Crippen LogP contribution in [0.25, 0.3) is 0 Å². The Morgan fingerprint density at radius 3 is 2.19 bits per heavy atom. The first-order chi connectivity index (χ1) is 17.2. The number of aliphatic hydroxyl groups is 1. The highest BCUT2D eigenvalue weighted by atomic mass is 16.6. The molecule has 4 saturated carbocycles. The fraction of sp³-hybridized carbons (Fsp3) is 0.938. The van der Waals surface area contributed by atoms with Crippen molar-refractivity contribution in [2.24, 2.45) is 52.3 Å². The predicted molar refractivity (Wildman–Crippen MR) is 146 cm³/mol. The summed E-state index contributed by atoms with van der Waals surface area (Å²) in [5.41, 5.74) is -1.18. The number of rotatable bonds is 7. The summed E-state index contributed by atoms with van der Waals surface area (Å²) in [4.78, 5) is 24.0. The fourth-order valence-corrected chi connectivity index (χ4v) is 9.93. The van der Waals surface area contributed by atoms with Crippen LogP contribution in [0.3, 0.4) is 0 Å². The van der Waals surface area contributed by atoms with Crippen LogP contribution in [-0.4, -0.2) is 34.9 Å². The van der Waals surface area contributed by atoms with Crippen LogP contribution in [0, 0.1) is 52.3 Å². The van der Waals surface area contributed by atoms with Gasteiger partial charge in [0.15, 0.2) is 0 Å². The topological polar surface area (TPSA) is 72.8 Å². The summed E-state index contributed by atoms with van der Waals surface area (Å²) in [6, 6.07) is 0. The normalized spacial score (nSPS) is 44.8. The number of esters is 2. The van der Waals surface area contributed by atoms with Gasteiger partial charge in [-0.2, -0.15) is 0 Å². The van der Waals surface area contributed by atoms with Gasteiger partial charge in [0.2, 0.25) is 0 Å². The molecule has 212 valence electrons. The summed E-state index contributed by atoms with van der Waals surface area (Å²) >= 11 is 0. The minimum absolute atomic E-state index is 0.308. The summed E-state index contributed by atoms with van der Waals surface area (Å²) in [7, 11) is 0. The molecule has 5 nitrogen and oxygen atoms in total. The highest BCUT2D eigenvalue weighted by molar-refractivity contribution is 5.66. The molecule has 0 aromatic rings. The molecule has 0 aromatic carbocycles. The Labute approximate surface area is 225 Å². The Kier molecular flexibility index (Phi) is 8.18. The van der Waals surface area contributed by atoms with Gasteiger partial charge in [0.1, 0.15) is 17.8 Å². The lowest BCUT2D eigenvalue weighted by Gasteiger charge is -2.65. The Morgan fingerprint density at radius 2 is 1.57 bits per heavy atom. The maximum atomic E-state index is 12.3. The van der Waals surface area contributed by atoms with Gasteiger partial charge in [0, 0.05) is 25.7 Å². The van der Waals surface area contributed by atoms with Gasteiger partial charge in [-0.3, -0.25) is 9.59 Å². The average Bonchev–Trinajstić information content (AvgIpc) is 3.15. The number of carbonyl (C=O) groups excluding carboxylic acids is 2. The molecule has 11 atom stereocenters. The first-order valence-corrected chi connectivity index (χ1v) is 15.3. The van der Waals surface area contributed by atoms with E-state index in [2.05, 4.69) is 41.5 Å². The number of hydrogen-bond acceptors (Lipinski definition) is 5. The third kappa shape index (κ3) is 5.00. The van der Waals surface area contributed by atoms with Crippen LogP contribution in [0.5, 0.6) is 0 Å². The molecule has 5 heteroatoms. The van der Waals surface area contributed by atoms with Gasteiger partial charge in [-0.25, -0.2) is 0 Å². The molecule has 0 heterocycles. The lowest BCUT2D eigenvalue weighted by Crippen LogP contribution is -2.69. The second kappa shape index (κ2) is 10.5. The van der Waals surface area contributed by atoms with Gasteiger partial charge in [0.05, 0.1) is 0 Å². The van der Waals surface area contributed by atoms with E-state index < -0.39 is 11.7 Å². The van der Waals surface area contributed by atoms with Gasteiger partial charge in [-0.05, 0) is 91.8 Å².